The van der Waals surface area contributed by atoms with Crippen LogP contribution in [0, 0.1) is 10.1 Å². The van der Waals surface area contributed by atoms with Crippen molar-refractivity contribution in [3.8, 4) is 0 Å². The van der Waals surface area contributed by atoms with Gasteiger partial charge in [0, 0.05) is 5.92 Å². The summed E-state index contributed by atoms with van der Waals surface area (Å²) < 4.78 is 4.50. The van der Waals surface area contributed by atoms with Crippen molar-refractivity contribution >= 4 is 11.6 Å². The summed E-state index contributed by atoms with van der Waals surface area (Å²) in [4.78, 5) is 9.85. The highest BCUT2D eigenvalue weighted by atomic mass is 16.6. The second-order valence-electron chi connectivity index (χ2n) is 2.69. The lowest BCUT2D eigenvalue weighted by molar-refractivity contribution is -0.385. The van der Waals surface area contributed by atoms with E-state index in [4.69, 9.17) is 5.73 Å². The summed E-state index contributed by atoms with van der Waals surface area (Å²) in [5.41, 5.74) is 5.28. The number of rotatable bonds is 2. The first kappa shape index (κ1) is 8.51. The van der Waals surface area contributed by atoms with Crippen molar-refractivity contribution in [3.63, 3.8) is 0 Å². The summed E-state index contributed by atoms with van der Waals surface area (Å²) in [6.45, 7) is 3.56. The average Bonchev–Trinajstić information content (AvgIpc) is 2.30. The van der Waals surface area contributed by atoms with Gasteiger partial charge in [-0.25, -0.2) is 0 Å². The minimum atomic E-state index is -0.582. The minimum absolute atomic E-state index is 0.0635. The Kier molecular flexibility index (Phi) is 1.99. The van der Waals surface area contributed by atoms with Crippen molar-refractivity contribution in [2.24, 2.45) is 0 Å². The second-order valence-corrected chi connectivity index (χ2v) is 2.69. The smallest absolute Gasteiger partial charge is 0.356 e. The lowest BCUT2D eigenvalue weighted by atomic mass is 10.1. The predicted molar refractivity (Wildman–Crippen MR) is 41.7 cm³/mol. The molecule has 1 aromatic rings. The van der Waals surface area contributed by atoms with E-state index in [9.17, 15) is 10.1 Å². The monoisotopic (exact) mass is 171 g/mol. The lowest BCUT2D eigenvalue weighted by Gasteiger charge is -1.95. The van der Waals surface area contributed by atoms with E-state index in [-0.39, 0.29) is 23.2 Å². The Bertz CT molecular complexity index is 305. The fourth-order valence-electron chi connectivity index (χ4n) is 0.873. The molecule has 6 heteroatoms. The maximum absolute atomic E-state index is 10.4. The minimum Gasteiger partial charge on any atom is -0.362 e. The zero-order valence-electron chi connectivity index (χ0n) is 6.77. The highest BCUT2D eigenvalue weighted by Crippen LogP contribution is 2.30. The standard InChI is InChI=1S/C6H9N3O3/c1-3(2)4-5(9(10)11)6(7)12-8-4/h3H,7H2,1-2H3. The van der Waals surface area contributed by atoms with Gasteiger partial charge >= 0.3 is 11.6 Å². The highest BCUT2D eigenvalue weighted by molar-refractivity contribution is 5.53. The molecule has 0 aliphatic rings. The first-order valence-corrected chi connectivity index (χ1v) is 3.43. The molecule has 0 saturated heterocycles. The molecule has 0 saturated carbocycles. The molecule has 12 heavy (non-hydrogen) atoms. The molecule has 0 atom stereocenters. The largest absolute Gasteiger partial charge is 0.362 e. The molecule has 0 aromatic carbocycles. The van der Waals surface area contributed by atoms with Crippen LogP contribution < -0.4 is 5.73 Å². The van der Waals surface area contributed by atoms with E-state index in [0.29, 0.717) is 0 Å². The van der Waals surface area contributed by atoms with Crippen LogP contribution in [0.2, 0.25) is 0 Å². The van der Waals surface area contributed by atoms with Gasteiger partial charge in [0.05, 0.1) is 4.92 Å². The number of nitrogens with two attached hydrogens (primary N) is 1. The Labute approximate surface area is 68.5 Å². The Morgan fingerprint density at radius 3 is 2.58 bits per heavy atom. The van der Waals surface area contributed by atoms with E-state index >= 15 is 0 Å². The molecular weight excluding hydrogens is 162 g/mol. The molecule has 0 aliphatic carbocycles. The zero-order chi connectivity index (χ0) is 9.30. The summed E-state index contributed by atoms with van der Waals surface area (Å²) in [7, 11) is 0. The van der Waals surface area contributed by atoms with Gasteiger partial charge in [-0.1, -0.05) is 19.0 Å². The van der Waals surface area contributed by atoms with E-state index in [1.165, 1.54) is 0 Å². The summed E-state index contributed by atoms with van der Waals surface area (Å²) in [6, 6.07) is 0. The Morgan fingerprint density at radius 1 is 1.67 bits per heavy atom. The second kappa shape index (κ2) is 2.80. The third kappa shape index (κ3) is 1.23. The summed E-state index contributed by atoms with van der Waals surface area (Å²) in [6.07, 6.45) is 0. The van der Waals surface area contributed by atoms with E-state index in [0.717, 1.165) is 0 Å². The van der Waals surface area contributed by atoms with Gasteiger partial charge in [-0.2, -0.15) is 0 Å². The molecule has 6 nitrogen and oxygen atoms in total. The van der Waals surface area contributed by atoms with Crippen molar-refractivity contribution in [3.05, 3.63) is 15.8 Å². The third-order valence-electron chi connectivity index (χ3n) is 1.45. The summed E-state index contributed by atoms with van der Waals surface area (Å²) >= 11 is 0. The molecule has 1 rings (SSSR count). The van der Waals surface area contributed by atoms with Gasteiger partial charge in [0.2, 0.25) is 0 Å². The zero-order valence-corrected chi connectivity index (χ0v) is 6.77. The molecule has 0 bridgehead atoms. The molecule has 0 radical (unpaired) electrons. The van der Waals surface area contributed by atoms with Gasteiger partial charge in [0.15, 0.2) is 5.69 Å². The van der Waals surface area contributed by atoms with Crippen LogP contribution in [0.3, 0.4) is 0 Å². The highest BCUT2D eigenvalue weighted by Gasteiger charge is 2.26. The van der Waals surface area contributed by atoms with Gasteiger partial charge in [-0.3, -0.25) is 10.1 Å². The lowest BCUT2D eigenvalue weighted by Crippen LogP contribution is -1.97. The van der Waals surface area contributed by atoms with E-state index in [1.807, 2.05) is 0 Å². The maximum atomic E-state index is 10.4. The van der Waals surface area contributed by atoms with Crippen molar-refractivity contribution in [1.82, 2.24) is 5.16 Å². The number of nitrogens with zero attached hydrogens (tertiary/aromatic N) is 2. The van der Waals surface area contributed by atoms with Crippen LogP contribution in [0.5, 0.6) is 0 Å². The van der Waals surface area contributed by atoms with Crippen LogP contribution in [0.4, 0.5) is 11.6 Å². The van der Waals surface area contributed by atoms with Crippen molar-refractivity contribution < 1.29 is 9.45 Å². The topological polar surface area (TPSA) is 95.2 Å². The van der Waals surface area contributed by atoms with E-state index in [2.05, 4.69) is 9.68 Å². The Hall–Kier alpha value is -1.59. The van der Waals surface area contributed by atoms with Crippen LogP contribution in [0.15, 0.2) is 4.52 Å². The number of nitrogen functional groups attached to an aromatic ring is 1. The summed E-state index contributed by atoms with van der Waals surface area (Å²) in [5, 5.41) is 13.9. The number of anilines is 1. The fraction of sp³-hybridized carbons (Fsp3) is 0.500. The number of aromatic nitrogens is 1. The van der Waals surface area contributed by atoms with Crippen LogP contribution in [-0.4, -0.2) is 10.1 Å². The quantitative estimate of drug-likeness (QED) is 0.534. The normalized spacial score (nSPS) is 10.6. The number of hydrogen-bond donors (Lipinski definition) is 1. The molecule has 2 N–H and O–H groups in total. The van der Waals surface area contributed by atoms with Crippen LogP contribution in [0.1, 0.15) is 25.5 Å². The first-order valence-electron chi connectivity index (χ1n) is 3.43. The maximum Gasteiger partial charge on any atom is 0.356 e. The summed E-state index contributed by atoms with van der Waals surface area (Å²) in [5.74, 6) is -0.296. The number of nitro groups is 1. The Morgan fingerprint density at radius 2 is 2.25 bits per heavy atom. The predicted octanol–water partition coefficient (Wildman–Crippen LogP) is 1.29. The van der Waals surface area contributed by atoms with Gasteiger partial charge in [-0.05, 0) is 0 Å². The molecule has 0 aliphatic heterocycles. The van der Waals surface area contributed by atoms with Gasteiger partial charge < -0.3 is 10.3 Å². The van der Waals surface area contributed by atoms with Crippen molar-refractivity contribution in [1.29, 1.82) is 0 Å². The third-order valence-corrected chi connectivity index (χ3v) is 1.45. The first-order chi connectivity index (χ1) is 5.54. The molecule has 0 unspecified atom stereocenters. The Balaban J connectivity index is 3.21. The van der Waals surface area contributed by atoms with Crippen LogP contribution >= 0.6 is 0 Å². The molecule has 1 heterocycles. The SMILES string of the molecule is CC(C)c1noc(N)c1[N+](=O)[O-]. The van der Waals surface area contributed by atoms with E-state index in [1.54, 1.807) is 13.8 Å². The average molecular weight is 171 g/mol. The molecular formula is C6H9N3O3. The van der Waals surface area contributed by atoms with Gasteiger partial charge in [-0.15, -0.1) is 0 Å². The van der Waals surface area contributed by atoms with Gasteiger partial charge in [0.25, 0.3) is 0 Å². The van der Waals surface area contributed by atoms with Gasteiger partial charge in [0.1, 0.15) is 0 Å². The molecule has 1 aromatic heterocycles. The fourth-order valence-corrected chi connectivity index (χ4v) is 0.873. The number of hydrogen-bond acceptors (Lipinski definition) is 5. The van der Waals surface area contributed by atoms with Crippen LogP contribution in [-0.2, 0) is 0 Å². The molecule has 0 amide bonds. The van der Waals surface area contributed by atoms with Crippen molar-refractivity contribution in [2.45, 2.75) is 19.8 Å². The molecule has 66 valence electrons. The molecule has 0 spiro atoms. The van der Waals surface area contributed by atoms with Crippen LogP contribution in [0.25, 0.3) is 0 Å². The van der Waals surface area contributed by atoms with E-state index < -0.39 is 4.92 Å². The molecule has 0 fully saturated rings. The van der Waals surface area contributed by atoms with Crippen molar-refractivity contribution in [2.75, 3.05) is 5.73 Å².